The smallest absolute Gasteiger partial charge is 0.266 e. The molecule has 0 N–H and O–H groups in total. The maximum absolute atomic E-state index is 12.4. The maximum Gasteiger partial charge on any atom is 0.266 e. The first kappa shape index (κ1) is 13.9. The van der Waals surface area contributed by atoms with Gasteiger partial charge in [-0.1, -0.05) is 29.6 Å². The first-order chi connectivity index (χ1) is 9.74. The second-order valence-electron chi connectivity index (χ2n) is 5.18. The highest BCUT2D eigenvalue weighted by atomic mass is 35.5. The summed E-state index contributed by atoms with van der Waals surface area (Å²) in [5.74, 6) is 0.0771. The summed E-state index contributed by atoms with van der Waals surface area (Å²) in [5.41, 5.74) is 0.829. The lowest BCUT2D eigenvalue weighted by Crippen LogP contribution is -2.39. The maximum atomic E-state index is 12.4. The minimum absolute atomic E-state index is 0.0771. The lowest BCUT2D eigenvalue weighted by Gasteiger charge is -2.22. The van der Waals surface area contributed by atoms with E-state index in [2.05, 4.69) is 5.16 Å². The molecule has 0 saturated carbocycles. The van der Waals surface area contributed by atoms with Gasteiger partial charge >= 0.3 is 0 Å². The average Bonchev–Trinajstić information content (AvgIpc) is 3.00. The molecule has 3 rings (SSSR count). The van der Waals surface area contributed by atoms with Gasteiger partial charge in [0.05, 0.1) is 9.21 Å². The third-order valence-corrected chi connectivity index (χ3v) is 5.00. The first-order valence-corrected chi connectivity index (χ1v) is 8.20. The van der Waals surface area contributed by atoms with Crippen molar-refractivity contribution in [2.24, 2.45) is 5.16 Å². The summed E-state index contributed by atoms with van der Waals surface area (Å²) in [4.78, 5) is 20.7. The van der Waals surface area contributed by atoms with Crippen LogP contribution in [0.1, 0.15) is 37.0 Å². The van der Waals surface area contributed by atoms with E-state index < -0.39 is 6.10 Å². The van der Waals surface area contributed by atoms with Gasteiger partial charge in [-0.05, 0) is 25.0 Å². The van der Waals surface area contributed by atoms with Gasteiger partial charge in [0.1, 0.15) is 5.71 Å². The molecule has 1 amide bonds. The molecule has 1 aromatic heterocycles. The summed E-state index contributed by atoms with van der Waals surface area (Å²) in [7, 11) is 0. The van der Waals surface area contributed by atoms with Crippen LogP contribution < -0.4 is 0 Å². The molecular weight excluding hydrogens is 296 g/mol. The molecule has 1 fully saturated rings. The number of carbonyl (C=O) groups is 1. The van der Waals surface area contributed by atoms with E-state index in [0.717, 1.165) is 40.9 Å². The fourth-order valence-corrected chi connectivity index (χ4v) is 3.65. The number of carbonyl (C=O) groups excluding carboxylic acids is 1. The molecule has 1 saturated heterocycles. The van der Waals surface area contributed by atoms with Crippen molar-refractivity contribution in [1.82, 2.24) is 4.90 Å². The topological polar surface area (TPSA) is 41.9 Å². The number of hydrogen-bond acceptors (Lipinski definition) is 4. The Morgan fingerprint density at radius 1 is 1.30 bits per heavy atom. The Balaban J connectivity index is 1.61. The van der Waals surface area contributed by atoms with Crippen LogP contribution in [0.3, 0.4) is 0 Å². The molecule has 0 bridgehead atoms. The number of likely N-dealkylation sites (tertiary alicyclic amines) is 1. The SMILES string of the molecule is O=C([C@H]1CC(c2ccc(Cl)s2)=NO1)N1CCCCCC1. The molecule has 3 heterocycles. The van der Waals surface area contributed by atoms with Crippen molar-refractivity contribution in [3.63, 3.8) is 0 Å². The molecule has 0 unspecified atom stereocenters. The van der Waals surface area contributed by atoms with Gasteiger partial charge in [-0.15, -0.1) is 11.3 Å². The van der Waals surface area contributed by atoms with E-state index in [0.29, 0.717) is 6.42 Å². The molecule has 0 aromatic carbocycles. The summed E-state index contributed by atoms with van der Waals surface area (Å²) in [5, 5.41) is 4.06. The molecule has 1 atom stereocenters. The molecule has 20 heavy (non-hydrogen) atoms. The zero-order valence-electron chi connectivity index (χ0n) is 11.2. The van der Waals surface area contributed by atoms with Crippen molar-refractivity contribution < 1.29 is 9.63 Å². The Morgan fingerprint density at radius 2 is 2.05 bits per heavy atom. The second kappa shape index (κ2) is 6.14. The lowest BCUT2D eigenvalue weighted by atomic mass is 10.1. The largest absolute Gasteiger partial charge is 0.382 e. The van der Waals surface area contributed by atoms with Gasteiger partial charge in [0, 0.05) is 19.5 Å². The van der Waals surface area contributed by atoms with Crippen molar-refractivity contribution in [2.45, 2.75) is 38.2 Å². The number of halogens is 1. The van der Waals surface area contributed by atoms with Gasteiger partial charge in [0.15, 0.2) is 0 Å². The van der Waals surface area contributed by atoms with Crippen molar-refractivity contribution >= 4 is 34.6 Å². The predicted molar refractivity (Wildman–Crippen MR) is 80.4 cm³/mol. The van der Waals surface area contributed by atoms with Crippen LogP contribution in [0.25, 0.3) is 0 Å². The van der Waals surface area contributed by atoms with Crippen LogP contribution in [0.15, 0.2) is 17.3 Å². The number of nitrogens with zero attached hydrogens (tertiary/aromatic N) is 2. The van der Waals surface area contributed by atoms with Crippen LogP contribution in [0.2, 0.25) is 4.34 Å². The zero-order chi connectivity index (χ0) is 13.9. The van der Waals surface area contributed by atoms with Crippen molar-refractivity contribution in [2.75, 3.05) is 13.1 Å². The second-order valence-corrected chi connectivity index (χ2v) is 6.89. The van der Waals surface area contributed by atoms with E-state index in [1.54, 1.807) is 0 Å². The molecule has 1 aromatic rings. The molecular formula is C14H17ClN2O2S. The van der Waals surface area contributed by atoms with Gasteiger partial charge in [-0.2, -0.15) is 0 Å². The van der Waals surface area contributed by atoms with Crippen LogP contribution in [0, 0.1) is 0 Å². The third-order valence-electron chi connectivity index (χ3n) is 3.72. The zero-order valence-corrected chi connectivity index (χ0v) is 12.8. The number of amides is 1. The molecule has 108 valence electrons. The number of hydrogen-bond donors (Lipinski definition) is 0. The molecule has 2 aliphatic heterocycles. The van der Waals surface area contributed by atoms with Crippen LogP contribution in [0.5, 0.6) is 0 Å². The minimum Gasteiger partial charge on any atom is -0.382 e. The molecule has 2 aliphatic rings. The van der Waals surface area contributed by atoms with Gasteiger partial charge in [0.2, 0.25) is 6.10 Å². The summed E-state index contributed by atoms with van der Waals surface area (Å²) >= 11 is 7.39. The van der Waals surface area contributed by atoms with E-state index in [4.69, 9.17) is 16.4 Å². The Kier molecular flexibility index (Phi) is 4.27. The lowest BCUT2D eigenvalue weighted by molar-refractivity contribution is -0.142. The van der Waals surface area contributed by atoms with Crippen molar-refractivity contribution in [1.29, 1.82) is 0 Å². The van der Waals surface area contributed by atoms with E-state index in [1.807, 2.05) is 17.0 Å². The van der Waals surface area contributed by atoms with E-state index in [9.17, 15) is 4.79 Å². The number of oxime groups is 1. The third kappa shape index (κ3) is 2.99. The average molecular weight is 313 g/mol. The van der Waals surface area contributed by atoms with Gasteiger partial charge in [-0.3, -0.25) is 4.79 Å². The predicted octanol–water partition coefficient (Wildman–Crippen LogP) is 3.30. The van der Waals surface area contributed by atoms with Gasteiger partial charge in [-0.25, -0.2) is 0 Å². The Morgan fingerprint density at radius 3 is 2.70 bits per heavy atom. The highest BCUT2D eigenvalue weighted by molar-refractivity contribution is 7.18. The standard InChI is InChI=1S/C14H17ClN2O2S/c15-13-6-5-12(20-13)10-9-11(19-16-10)14(18)17-7-3-1-2-4-8-17/h5-6,11H,1-4,7-9H2/t11-/m1/s1. The van der Waals surface area contributed by atoms with E-state index in [-0.39, 0.29) is 5.91 Å². The van der Waals surface area contributed by atoms with Gasteiger partial charge in [0.25, 0.3) is 5.91 Å². The molecule has 0 aliphatic carbocycles. The monoisotopic (exact) mass is 312 g/mol. The molecule has 6 heteroatoms. The highest BCUT2D eigenvalue weighted by Gasteiger charge is 2.32. The molecule has 4 nitrogen and oxygen atoms in total. The van der Waals surface area contributed by atoms with Crippen LogP contribution in [-0.4, -0.2) is 35.7 Å². The quantitative estimate of drug-likeness (QED) is 0.841. The summed E-state index contributed by atoms with van der Waals surface area (Å²) < 4.78 is 0.727. The van der Waals surface area contributed by atoms with Crippen LogP contribution in [0.4, 0.5) is 0 Å². The highest BCUT2D eigenvalue weighted by Crippen LogP contribution is 2.27. The van der Waals surface area contributed by atoms with Gasteiger partial charge < -0.3 is 9.74 Å². The van der Waals surface area contributed by atoms with E-state index in [1.165, 1.54) is 24.2 Å². The Labute approximate surface area is 127 Å². The minimum atomic E-state index is -0.455. The molecule has 0 spiro atoms. The summed E-state index contributed by atoms with van der Waals surface area (Å²) in [6, 6.07) is 3.77. The van der Waals surface area contributed by atoms with Crippen molar-refractivity contribution in [3.05, 3.63) is 21.3 Å². The van der Waals surface area contributed by atoms with Crippen LogP contribution >= 0.6 is 22.9 Å². The summed E-state index contributed by atoms with van der Waals surface area (Å²) in [6.45, 7) is 1.69. The Hall–Kier alpha value is -1.07. The first-order valence-electron chi connectivity index (χ1n) is 7.01. The molecule has 0 radical (unpaired) electrons. The number of rotatable bonds is 2. The summed E-state index contributed by atoms with van der Waals surface area (Å²) in [6.07, 6.45) is 4.70. The fraction of sp³-hybridized carbons (Fsp3) is 0.571. The Bertz CT molecular complexity index is 521. The van der Waals surface area contributed by atoms with E-state index >= 15 is 0 Å². The normalized spacial score (nSPS) is 23.1. The van der Waals surface area contributed by atoms with Crippen molar-refractivity contribution in [3.8, 4) is 0 Å². The van der Waals surface area contributed by atoms with Crippen LogP contribution in [-0.2, 0) is 9.63 Å². The number of thiophene rings is 1. The fourth-order valence-electron chi connectivity index (χ4n) is 2.62.